The first-order valence-electron chi connectivity index (χ1n) is 9.31. The number of nitrogens with one attached hydrogen (secondary N) is 1. The summed E-state index contributed by atoms with van der Waals surface area (Å²) in [5.74, 6) is -0.809. The molecule has 1 saturated carbocycles. The molecule has 28 heavy (non-hydrogen) atoms. The fourth-order valence-corrected chi connectivity index (χ4v) is 4.25. The van der Waals surface area contributed by atoms with Crippen LogP contribution >= 0.6 is 11.6 Å². The van der Waals surface area contributed by atoms with Gasteiger partial charge in [-0.05, 0) is 48.7 Å². The Morgan fingerprint density at radius 3 is 2.64 bits per heavy atom. The number of rotatable bonds is 4. The second-order valence-electron chi connectivity index (χ2n) is 7.18. The van der Waals surface area contributed by atoms with Gasteiger partial charge in [0.25, 0.3) is 0 Å². The van der Waals surface area contributed by atoms with E-state index in [1.807, 2.05) is 12.1 Å². The summed E-state index contributed by atoms with van der Waals surface area (Å²) < 4.78 is 19.4. The highest BCUT2D eigenvalue weighted by atomic mass is 35.5. The Bertz CT molecular complexity index is 928. The molecule has 0 bridgehead atoms. The van der Waals surface area contributed by atoms with Crippen LogP contribution in [-0.4, -0.2) is 25.2 Å². The molecular formula is C21H20ClFN2O3. The standard InChI is InChI=1S/C21H20ClFN2O3/c22-15-5-3-4-14(12-15)21(8-1-2-9-21)19(26)24-18-13-16(6-7-17(18)23)25-10-11-28-20(25)27/h3-7,12-13H,1-2,8-11H2,(H,24,26). The van der Waals surface area contributed by atoms with Crippen LogP contribution in [0.3, 0.4) is 0 Å². The van der Waals surface area contributed by atoms with E-state index < -0.39 is 17.3 Å². The predicted molar refractivity (Wildman–Crippen MR) is 105 cm³/mol. The summed E-state index contributed by atoms with van der Waals surface area (Å²) in [5.41, 5.74) is 0.646. The fraction of sp³-hybridized carbons (Fsp3) is 0.333. The molecule has 7 heteroatoms. The van der Waals surface area contributed by atoms with Gasteiger partial charge < -0.3 is 10.1 Å². The average Bonchev–Trinajstić information content (AvgIpc) is 3.33. The van der Waals surface area contributed by atoms with Crippen molar-refractivity contribution in [3.05, 3.63) is 58.9 Å². The molecule has 1 aliphatic heterocycles. The van der Waals surface area contributed by atoms with Gasteiger partial charge in [-0.25, -0.2) is 9.18 Å². The average molecular weight is 403 g/mol. The van der Waals surface area contributed by atoms with E-state index >= 15 is 0 Å². The normalized spacial score (nSPS) is 18.2. The second kappa shape index (κ2) is 7.43. The lowest BCUT2D eigenvalue weighted by Gasteiger charge is -2.29. The lowest BCUT2D eigenvalue weighted by molar-refractivity contribution is -0.121. The molecule has 146 valence electrons. The predicted octanol–water partition coefficient (Wildman–Crippen LogP) is 4.89. The van der Waals surface area contributed by atoms with Crippen molar-refractivity contribution < 1.29 is 18.7 Å². The lowest BCUT2D eigenvalue weighted by Crippen LogP contribution is -2.38. The van der Waals surface area contributed by atoms with Crippen LogP contribution in [-0.2, 0) is 14.9 Å². The monoisotopic (exact) mass is 402 g/mol. The molecule has 2 aromatic carbocycles. The summed E-state index contributed by atoms with van der Waals surface area (Å²) in [4.78, 5) is 26.5. The molecule has 0 unspecified atom stereocenters. The minimum absolute atomic E-state index is 0.0514. The molecule has 1 heterocycles. The van der Waals surface area contributed by atoms with Crippen molar-refractivity contribution in [2.24, 2.45) is 0 Å². The number of nitrogens with zero attached hydrogens (tertiary/aromatic N) is 1. The van der Waals surface area contributed by atoms with Crippen molar-refractivity contribution in [3.8, 4) is 0 Å². The van der Waals surface area contributed by atoms with Crippen LogP contribution in [0, 0.1) is 5.82 Å². The largest absolute Gasteiger partial charge is 0.447 e. The first-order chi connectivity index (χ1) is 13.5. The highest BCUT2D eigenvalue weighted by Gasteiger charge is 2.43. The van der Waals surface area contributed by atoms with E-state index in [9.17, 15) is 14.0 Å². The summed E-state index contributed by atoms with van der Waals surface area (Å²) in [5, 5.41) is 3.32. The molecule has 1 N–H and O–H groups in total. The van der Waals surface area contributed by atoms with Gasteiger partial charge in [-0.15, -0.1) is 0 Å². The van der Waals surface area contributed by atoms with Gasteiger partial charge in [0.1, 0.15) is 12.4 Å². The number of carbonyl (C=O) groups excluding carboxylic acids is 2. The third-order valence-corrected chi connectivity index (χ3v) is 5.77. The van der Waals surface area contributed by atoms with E-state index in [0.717, 1.165) is 18.4 Å². The zero-order valence-electron chi connectivity index (χ0n) is 15.2. The molecule has 5 nitrogen and oxygen atoms in total. The first-order valence-corrected chi connectivity index (χ1v) is 9.69. The van der Waals surface area contributed by atoms with E-state index in [0.29, 0.717) is 30.1 Å². The number of hydrogen-bond donors (Lipinski definition) is 1. The SMILES string of the molecule is O=C1OCCN1c1ccc(F)c(NC(=O)C2(c3cccc(Cl)c3)CCCC2)c1. The molecule has 2 amide bonds. The van der Waals surface area contributed by atoms with Crippen molar-refractivity contribution in [3.63, 3.8) is 0 Å². The Balaban J connectivity index is 1.64. The number of anilines is 2. The lowest BCUT2D eigenvalue weighted by atomic mass is 9.78. The molecule has 0 spiro atoms. The van der Waals surface area contributed by atoms with Crippen molar-refractivity contribution in [1.29, 1.82) is 0 Å². The van der Waals surface area contributed by atoms with E-state index in [1.165, 1.54) is 23.1 Å². The molecule has 1 saturated heterocycles. The number of halogens is 2. The summed E-state index contributed by atoms with van der Waals surface area (Å²) in [7, 11) is 0. The van der Waals surface area contributed by atoms with E-state index in [2.05, 4.69) is 5.32 Å². The van der Waals surface area contributed by atoms with Gasteiger partial charge in [0.15, 0.2) is 0 Å². The van der Waals surface area contributed by atoms with Gasteiger partial charge in [0.2, 0.25) is 5.91 Å². The number of cyclic esters (lactones) is 1. The zero-order valence-corrected chi connectivity index (χ0v) is 16.0. The summed E-state index contributed by atoms with van der Waals surface area (Å²) in [6, 6.07) is 11.5. The second-order valence-corrected chi connectivity index (χ2v) is 7.62. The maximum atomic E-state index is 14.4. The molecule has 0 radical (unpaired) electrons. The van der Waals surface area contributed by atoms with Crippen molar-refractivity contribution in [1.82, 2.24) is 0 Å². The topological polar surface area (TPSA) is 58.6 Å². The highest BCUT2D eigenvalue weighted by Crippen LogP contribution is 2.43. The Morgan fingerprint density at radius 1 is 1.18 bits per heavy atom. The molecule has 0 aromatic heterocycles. The van der Waals surface area contributed by atoms with Crippen LogP contribution in [0.1, 0.15) is 31.2 Å². The van der Waals surface area contributed by atoms with E-state index in [1.54, 1.807) is 12.1 Å². The minimum Gasteiger partial charge on any atom is -0.447 e. The number of benzene rings is 2. The number of amides is 2. The third kappa shape index (κ3) is 3.33. The summed E-state index contributed by atoms with van der Waals surface area (Å²) >= 11 is 6.14. The molecule has 2 fully saturated rings. The maximum Gasteiger partial charge on any atom is 0.414 e. The Morgan fingerprint density at radius 2 is 1.96 bits per heavy atom. The van der Waals surface area contributed by atoms with Crippen molar-refractivity contribution >= 4 is 35.0 Å². The zero-order chi connectivity index (χ0) is 19.7. The van der Waals surface area contributed by atoms with Gasteiger partial charge in [-0.1, -0.05) is 36.6 Å². The number of carbonyl (C=O) groups is 2. The van der Waals surface area contributed by atoms with Crippen LogP contribution in [0.2, 0.25) is 5.02 Å². The summed E-state index contributed by atoms with van der Waals surface area (Å²) in [6.45, 7) is 0.681. The summed E-state index contributed by atoms with van der Waals surface area (Å²) in [6.07, 6.45) is 2.72. The molecule has 0 atom stereocenters. The number of ether oxygens (including phenoxy) is 1. The van der Waals surface area contributed by atoms with E-state index in [4.69, 9.17) is 16.3 Å². The van der Waals surface area contributed by atoms with Gasteiger partial charge in [0, 0.05) is 10.7 Å². The highest BCUT2D eigenvalue weighted by molar-refractivity contribution is 6.30. The molecular weight excluding hydrogens is 383 g/mol. The smallest absolute Gasteiger partial charge is 0.414 e. The third-order valence-electron chi connectivity index (χ3n) is 5.54. The van der Waals surface area contributed by atoms with Crippen LogP contribution < -0.4 is 10.2 Å². The minimum atomic E-state index is -0.736. The Kier molecular flexibility index (Phi) is 4.98. The van der Waals surface area contributed by atoms with Crippen LogP contribution in [0.5, 0.6) is 0 Å². The molecule has 4 rings (SSSR count). The fourth-order valence-electron chi connectivity index (χ4n) is 4.06. The van der Waals surface area contributed by atoms with Crippen LogP contribution in [0.15, 0.2) is 42.5 Å². The molecule has 2 aromatic rings. The van der Waals surface area contributed by atoms with Gasteiger partial charge in [0.05, 0.1) is 17.6 Å². The molecule has 2 aliphatic rings. The Hall–Kier alpha value is -2.60. The van der Waals surface area contributed by atoms with Crippen LogP contribution in [0.4, 0.5) is 20.6 Å². The van der Waals surface area contributed by atoms with Crippen LogP contribution in [0.25, 0.3) is 0 Å². The first kappa shape index (κ1) is 18.7. The Labute approximate surface area is 167 Å². The van der Waals surface area contributed by atoms with Gasteiger partial charge >= 0.3 is 6.09 Å². The van der Waals surface area contributed by atoms with Gasteiger partial charge in [-0.2, -0.15) is 0 Å². The molecule has 1 aliphatic carbocycles. The quantitative estimate of drug-likeness (QED) is 0.792. The van der Waals surface area contributed by atoms with Crippen molar-refractivity contribution in [2.45, 2.75) is 31.1 Å². The van der Waals surface area contributed by atoms with E-state index in [-0.39, 0.29) is 18.2 Å². The number of hydrogen-bond acceptors (Lipinski definition) is 3. The van der Waals surface area contributed by atoms with Gasteiger partial charge in [-0.3, -0.25) is 9.69 Å². The maximum absolute atomic E-state index is 14.4. The van der Waals surface area contributed by atoms with Crippen molar-refractivity contribution in [2.75, 3.05) is 23.4 Å².